The van der Waals surface area contributed by atoms with Crippen LogP contribution in [0.3, 0.4) is 0 Å². The summed E-state index contributed by atoms with van der Waals surface area (Å²) in [4.78, 5) is 31.0. The Morgan fingerprint density at radius 1 is 1.31 bits per heavy atom. The van der Waals surface area contributed by atoms with Crippen molar-refractivity contribution in [1.29, 1.82) is 0 Å². The predicted octanol–water partition coefficient (Wildman–Crippen LogP) is 3.37. The van der Waals surface area contributed by atoms with Crippen LogP contribution < -0.4 is 0 Å². The third-order valence-electron chi connectivity index (χ3n) is 4.10. The highest BCUT2D eigenvalue weighted by molar-refractivity contribution is 7.09. The third-order valence-corrected chi connectivity index (χ3v) is 4.86. The highest BCUT2D eigenvalue weighted by atomic mass is 32.1. The number of hydrogen-bond acceptors (Lipinski definition) is 5. The molecule has 0 saturated carbocycles. The van der Waals surface area contributed by atoms with Crippen LogP contribution in [0.15, 0.2) is 53.7 Å². The van der Waals surface area contributed by atoms with E-state index in [0.717, 1.165) is 17.0 Å². The minimum Gasteiger partial charge on any atom is -0.481 e. The fourth-order valence-corrected chi connectivity index (χ4v) is 3.53. The van der Waals surface area contributed by atoms with Gasteiger partial charge in [0.15, 0.2) is 11.5 Å². The number of benzene rings is 1. The molecule has 1 aliphatic heterocycles. The largest absolute Gasteiger partial charge is 0.481 e. The Balaban J connectivity index is 1.77. The molecule has 0 unspecified atom stereocenters. The van der Waals surface area contributed by atoms with E-state index in [1.54, 1.807) is 11.1 Å². The van der Waals surface area contributed by atoms with Crippen molar-refractivity contribution in [1.82, 2.24) is 9.88 Å². The number of nitrogens with zero attached hydrogens (tertiary/aromatic N) is 2. The van der Waals surface area contributed by atoms with E-state index >= 15 is 0 Å². The van der Waals surface area contributed by atoms with Gasteiger partial charge in [0.1, 0.15) is 10.6 Å². The Labute approximate surface area is 157 Å². The molecule has 5 nitrogen and oxygen atoms in total. The van der Waals surface area contributed by atoms with Crippen LogP contribution >= 0.6 is 11.3 Å². The van der Waals surface area contributed by atoms with Gasteiger partial charge in [-0.2, -0.15) is 0 Å². The van der Waals surface area contributed by atoms with Gasteiger partial charge in [-0.15, -0.1) is 11.3 Å². The Morgan fingerprint density at radius 2 is 2.08 bits per heavy atom. The summed E-state index contributed by atoms with van der Waals surface area (Å²) in [5.41, 5.74) is 0.489. The van der Waals surface area contributed by atoms with Crippen LogP contribution in [-0.2, 0) is 27.3 Å². The fraction of sp³-hybridized carbons (Fsp3) is 0.350. The molecule has 136 valence electrons. The summed E-state index contributed by atoms with van der Waals surface area (Å²) in [6.45, 7) is 4.57. The van der Waals surface area contributed by atoms with E-state index in [9.17, 15) is 9.59 Å². The quantitative estimate of drug-likeness (QED) is 0.782. The Kier molecular flexibility index (Phi) is 5.52. The van der Waals surface area contributed by atoms with Crippen LogP contribution in [0.4, 0.5) is 0 Å². The summed E-state index contributed by atoms with van der Waals surface area (Å²) in [6.07, 6.45) is 4.05. The zero-order valence-corrected chi connectivity index (χ0v) is 15.8. The molecule has 0 atom stereocenters. The maximum atomic E-state index is 13.0. The van der Waals surface area contributed by atoms with Gasteiger partial charge in [0.25, 0.3) is 5.91 Å². The van der Waals surface area contributed by atoms with Crippen LogP contribution in [0.25, 0.3) is 0 Å². The molecule has 26 heavy (non-hydrogen) atoms. The van der Waals surface area contributed by atoms with Crippen LogP contribution in [0.1, 0.15) is 30.8 Å². The van der Waals surface area contributed by atoms with Crippen molar-refractivity contribution in [2.45, 2.75) is 38.8 Å². The van der Waals surface area contributed by atoms with E-state index in [-0.39, 0.29) is 23.9 Å². The second-order valence-electron chi connectivity index (χ2n) is 6.90. The van der Waals surface area contributed by atoms with E-state index in [0.29, 0.717) is 13.1 Å². The van der Waals surface area contributed by atoms with Crippen molar-refractivity contribution in [3.05, 3.63) is 64.3 Å². The van der Waals surface area contributed by atoms with E-state index in [1.165, 1.54) is 17.4 Å². The van der Waals surface area contributed by atoms with Gasteiger partial charge in [-0.25, -0.2) is 4.98 Å². The van der Waals surface area contributed by atoms with Gasteiger partial charge < -0.3 is 9.64 Å². The molecule has 0 fully saturated rings. The average molecular weight is 370 g/mol. The predicted molar refractivity (Wildman–Crippen MR) is 101 cm³/mol. The molecule has 0 saturated heterocycles. The number of hydrogen-bond donors (Lipinski definition) is 0. The average Bonchev–Trinajstić information content (AvgIpc) is 3.10. The molecule has 0 radical (unpaired) electrons. The molecule has 0 aliphatic carbocycles. The molecule has 1 amide bonds. The van der Waals surface area contributed by atoms with Crippen molar-refractivity contribution in [2.75, 3.05) is 6.54 Å². The lowest BCUT2D eigenvalue weighted by atomic mass is 9.98. The van der Waals surface area contributed by atoms with E-state index in [2.05, 4.69) is 4.98 Å². The minimum absolute atomic E-state index is 0.0816. The fourth-order valence-electron chi connectivity index (χ4n) is 2.90. The lowest BCUT2D eigenvalue weighted by Crippen LogP contribution is -2.40. The van der Waals surface area contributed by atoms with Crippen LogP contribution in [0, 0.1) is 0 Å². The van der Waals surface area contributed by atoms with E-state index < -0.39 is 5.60 Å². The molecular weight excluding hydrogens is 348 g/mol. The number of ether oxygens (including phenoxy) is 1. The van der Waals surface area contributed by atoms with Gasteiger partial charge in [0.05, 0.1) is 6.54 Å². The van der Waals surface area contributed by atoms with E-state index in [1.807, 2.05) is 49.6 Å². The van der Waals surface area contributed by atoms with Gasteiger partial charge in [0, 0.05) is 30.6 Å². The smallest absolute Gasteiger partial charge is 0.289 e. The maximum Gasteiger partial charge on any atom is 0.289 e. The number of ketones is 1. The molecule has 6 heteroatoms. The zero-order chi connectivity index (χ0) is 18.6. The molecule has 2 heterocycles. The second kappa shape index (κ2) is 7.83. The summed E-state index contributed by atoms with van der Waals surface area (Å²) in [5.74, 6) is -0.227. The third kappa shape index (κ3) is 4.79. The Hall–Kier alpha value is -2.47. The van der Waals surface area contributed by atoms with Gasteiger partial charge in [-0.3, -0.25) is 9.59 Å². The normalized spacial score (nSPS) is 15.9. The number of thiazole rings is 1. The van der Waals surface area contributed by atoms with Crippen molar-refractivity contribution in [3.8, 4) is 0 Å². The van der Waals surface area contributed by atoms with Crippen LogP contribution in [0.5, 0.6) is 0 Å². The number of carbonyl (C=O) groups is 2. The maximum absolute atomic E-state index is 13.0. The highest BCUT2D eigenvalue weighted by Gasteiger charge is 2.33. The highest BCUT2D eigenvalue weighted by Crippen LogP contribution is 2.26. The first-order valence-corrected chi connectivity index (χ1v) is 9.46. The van der Waals surface area contributed by atoms with Crippen molar-refractivity contribution >= 4 is 23.0 Å². The first-order chi connectivity index (χ1) is 12.4. The van der Waals surface area contributed by atoms with Crippen LogP contribution in [0.2, 0.25) is 0 Å². The Morgan fingerprint density at radius 3 is 2.73 bits per heavy atom. The monoisotopic (exact) mass is 370 g/mol. The van der Waals surface area contributed by atoms with Crippen molar-refractivity contribution in [3.63, 3.8) is 0 Å². The number of aromatic nitrogens is 1. The first-order valence-electron chi connectivity index (χ1n) is 8.58. The summed E-state index contributed by atoms with van der Waals surface area (Å²) in [7, 11) is 0. The first kappa shape index (κ1) is 18.3. The Bertz CT molecular complexity index is 798. The molecule has 0 spiro atoms. The summed E-state index contributed by atoms with van der Waals surface area (Å²) < 4.78 is 5.79. The van der Waals surface area contributed by atoms with Crippen molar-refractivity contribution < 1.29 is 14.3 Å². The molecule has 0 bridgehead atoms. The summed E-state index contributed by atoms with van der Waals surface area (Å²) in [5, 5.41) is 2.74. The molecule has 3 rings (SSSR count). The molecule has 1 aromatic carbocycles. The second-order valence-corrected chi connectivity index (χ2v) is 7.88. The van der Waals surface area contributed by atoms with Gasteiger partial charge in [-0.1, -0.05) is 30.3 Å². The lowest BCUT2D eigenvalue weighted by molar-refractivity contribution is -0.138. The van der Waals surface area contributed by atoms with Crippen molar-refractivity contribution in [2.24, 2.45) is 0 Å². The SMILES string of the molecule is CC1(C)CC(=O)C=C(C(=O)N(CCc2ccccc2)Cc2nccs2)O1. The topological polar surface area (TPSA) is 59.5 Å². The lowest BCUT2D eigenvalue weighted by Gasteiger charge is -2.32. The van der Waals surface area contributed by atoms with E-state index in [4.69, 9.17) is 4.74 Å². The zero-order valence-electron chi connectivity index (χ0n) is 15.0. The van der Waals surface area contributed by atoms with Gasteiger partial charge >= 0.3 is 0 Å². The summed E-state index contributed by atoms with van der Waals surface area (Å²) in [6, 6.07) is 10.0. The number of allylic oxidation sites excluding steroid dienone is 1. The van der Waals surface area contributed by atoms with Gasteiger partial charge in [-0.05, 0) is 25.8 Å². The van der Waals surface area contributed by atoms with Crippen LogP contribution in [-0.4, -0.2) is 33.7 Å². The molecule has 0 N–H and O–H groups in total. The summed E-state index contributed by atoms with van der Waals surface area (Å²) >= 11 is 1.51. The standard InChI is InChI=1S/C20H22N2O3S/c1-20(2)13-16(23)12-17(25-20)19(24)22(14-18-21-9-11-26-18)10-8-15-6-4-3-5-7-15/h3-7,9,11-12H,8,10,13-14H2,1-2H3. The number of carbonyl (C=O) groups excluding carboxylic acids is 2. The number of amides is 1. The molecule has 1 aliphatic rings. The molecule has 1 aromatic heterocycles. The van der Waals surface area contributed by atoms with Gasteiger partial charge in [0.2, 0.25) is 0 Å². The number of rotatable bonds is 6. The molecule has 2 aromatic rings. The molecular formula is C20H22N2O3S. The minimum atomic E-state index is -0.664.